The van der Waals surface area contributed by atoms with Gasteiger partial charge in [0.15, 0.2) is 0 Å². The predicted molar refractivity (Wildman–Crippen MR) is 96.8 cm³/mol. The van der Waals surface area contributed by atoms with Crippen LogP contribution < -0.4 is 4.90 Å². The first-order valence-corrected chi connectivity index (χ1v) is 9.04. The summed E-state index contributed by atoms with van der Waals surface area (Å²) in [5.41, 5.74) is 3.33. The molecule has 0 unspecified atom stereocenters. The van der Waals surface area contributed by atoms with E-state index in [0.717, 1.165) is 35.2 Å². The Kier molecular flexibility index (Phi) is 5.35. The molecule has 1 aliphatic heterocycles. The summed E-state index contributed by atoms with van der Waals surface area (Å²) in [6, 6.07) is 7.97. The van der Waals surface area contributed by atoms with Crippen molar-refractivity contribution in [3.05, 3.63) is 41.1 Å². The third-order valence-electron chi connectivity index (χ3n) is 4.74. The Morgan fingerprint density at radius 1 is 1.28 bits per heavy atom. The average Bonchev–Trinajstić information content (AvgIpc) is 2.54. The second kappa shape index (κ2) is 7.50. The highest BCUT2D eigenvalue weighted by molar-refractivity contribution is 5.98. The Labute approximate surface area is 148 Å². The van der Waals surface area contributed by atoms with Gasteiger partial charge in [-0.2, -0.15) is 0 Å². The van der Waals surface area contributed by atoms with Crippen molar-refractivity contribution in [3.63, 3.8) is 0 Å². The van der Waals surface area contributed by atoms with Crippen molar-refractivity contribution in [2.45, 2.75) is 46.4 Å². The number of nitrogens with one attached hydrogen (secondary N) is 1. The summed E-state index contributed by atoms with van der Waals surface area (Å²) in [6.45, 7) is 10.9. The van der Waals surface area contributed by atoms with Crippen LogP contribution in [0.4, 0.5) is 0 Å². The maximum Gasteiger partial charge on any atom is 0.340 e. The summed E-state index contributed by atoms with van der Waals surface area (Å²) in [7, 11) is 0. The number of benzene rings is 1. The van der Waals surface area contributed by atoms with Crippen molar-refractivity contribution >= 4 is 16.9 Å². The van der Waals surface area contributed by atoms with Gasteiger partial charge in [0.05, 0.1) is 17.7 Å². The van der Waals surface area contributed by atoms with Crippen LogP contribution in [0.1, 0.15) is 42.4 Å². The number of carbonyl (C=O) groups is 1. The van der Waals surface area contributed by atoms with Gasteiger partial charge in [-0.15, -0.1) is 0 Å². The van der Waals surface area contributed by atoms with E-state index in [-0.39, 0.29) is 18.2 Å². The number of fused-ring (bicyclic) bond motifs is 1. The van der Waals surface area contributed by atoms with Gasteiger partial charge in [0.2, 0.25) is 0 Å². The molecule has 0 saturated carbocycles. The van der Waals surface area contributed by atoms with E-state index in [0.29, 0.717) is 18.7 Å². The Hall–Kier alpha value is -1.98. The molecule has 25 heavy (non-hydrogen) atoms. The number of pyridine rings is 1. The van der Waals surface area contributed by atoms with Crippen LogP contribution in [0.25, 0.3) is 10.9 Å². The molecule has 0 bridgehead atoms. The molecule has 5 nitrogen and oxygen atoms in total. The van der Waals surface area contributed by atoms with Crippen molar-refractivity contribution in [3.8, 4) is 0 Å². The second-order valence-electron chi connectivity index (χ2n) is 6.89. The lowest BCUT2D eigenvalue weighted by Crippen LogP contribution is -3.14. The van der Waals surface area contributed by atoms with Crippen LogP contribution in [0.15, 0.2) is 24.3 Å². The zero-order chi connectivity index (χ0) is 18.0. The summed E-state index contributed by atoms with van der Waals surface area (Å²) in [5.74, 6) is -0.276. The number of quaternary nitrogens is 1. The van der Waals surface area contributed by atoms with Crippen LogP contribution >= 0.6 is 0 Å². The van der Waals surface area contributed by atoms with Crippen LogP contribution in [-0.2, 0) is 16.0 Å². The number of aryl methyl sites for hydroxylation is 1. The van der Waals surface area contributed by atoms with E-state index < -0.39 is 0 Å². The monoisotopic (exact) mass is 343 g/mol. The topological polar surface area (TPSA) is 52.9 Å². The predicted octanol–water partition coefficient (Wildman–Crippen LogP) is 1.91. The number of rotatable bonds is 4. The molecule has 0 amide bonds. The minimum absolute atomic E-state index is 0.214. The molecule has 1 saturated heterocycles. The molecule has 2 atom stereocenters. The van der Waals surface area contributed by atoms with Gasteiger partial charge in [0.1, 0.15) is 37.5 Å². The van der Waals surface area contributed by atoms with E-state index in [1.165, 1.54) is 4.90 Å². The van der Waals surface area contributed by atoms with Crippen molar-refractivity contribution in [2.24, 2.45) is 0 Å². The maximum atomic E-state index is 12.6. The summed E-state index contributed by atoms with van der Waals surface area (Å²) < 4.78 is 11.1. The first-order chi connectivity index (χ1) is 12.0. The van der Waals surface area contributed by atoms with Gasteiger partial charge in [-0.05, 0) is 39.3 Å². The highest BCUT2D eigenvalue weighted by Gasteiger charge is 2.29. The minimum Gasteiger partial charge on any atom is -0.462 e. The van der Waals surface area contributed by atoms with Crippen LogP contribution in [-0.4, -0.2) is 42.9 Å². The highest BCUT2D eigenvalue weighted by atomic mass is 16.5. The molecular weight excluding hydrogens is 316 g/mol. The van der Waals surface area contributed by atoms with Gasteiger partial charge in [0.25, 0.3) is 0 Å². The van der Waals surface area contributed by atoms with Crippen molar-refractivity contribution in [1.82, 2.24) is 4.98 Å². The largest absolute Gasteiger partial charge is 0.462 e. The van der Waals surface area contributed by atoms with E-state index in [4.69, 9.17) is 14.5 Å². The molecule has 3 rings (SSSR count). The third-order valence-corrected chi connectivity index (χ3v) is 4.74. The molecule has 1 fully saturated rings. The second-order valence-corrected chi connectivity index (χ2v) is 6.89. The van der Waals surface area contributed by atoms with Crippen LogP contribution in [0, 0.1) is 6.92 Å². The Morgan fingerprint density at radius 2 is 1.96 bits per heavy atom. The Bertz CT molecular complexity index is 765. The lowest BCUT2D eigenvalue weighted by atomic mass is 10.0. The molecule has 0 aliphatic carbocycles. The van der Waals surface area contributed by atoms with E-state index in [1.54, 1.807) is 0 Å². The summed E-state index contributed by atoms with van der Waals surface area (Å²) in [5, 5.41) is 1.01. The zero-order valence-corrected chi connectivity index (χ0v) is 15.5. The standard InChI is InChI=1S/C20H26N2O3/c1-5-24-20(23)19-15(4)16-8-6-7-9-17(16)21-18(19)12-22-10-13(2)25-14(3)11-22/h6-9,13-14H,5,10-12H2,1-4H3/p+1/t13-,14-/m0/s1. The number of aromatic nitrogens is 1. The third kappa shape index (κ3) is 3.83. The summed E-state index contributed by atoms with van der Waals surface area (Å²) in [6.07, 6.45) is 0.428. The number of esters is 1. The first kappa shape index (κ1) is 17.8. The number of carbonyl (C=O) groups excluding carboxylic acids is 1. The van der Waals surface area contributed by atoms with Gasteiger partial charge >= 0.3 is 5.97 Å². The molecule has 134 valence electrons. The van der Waals surface area contributed by atoms with Crippen molar-refractivity contribution in [2.75, 3.05) is 19.7 Å². The Balaban J connectivity index is 2.02. The molecule has 1 aromatic heterocycles. The molecule has 2 heterocycles. The van der Waals surface area contributed by atoms with Crippen LogP contribution in [0.2, 0.25) is 0 Å². The van der Waals surface area contributed by atoms with Crippen LogP contribution in [0.5, 0.6) is 0 Å². The number of para-hydroxylation sites is 1. The molecule has 1 aromatic carbocycles. The van der Waals surface area contributed by atoms with Gasteiger partial charge in [-0.1, -0.05) is 18.2 Å². The smallest absolute Gasteiger partial charge is 0.340 e. The summed E-state index contributed by atoms with van der Waals surface area (Å²) >= 11 is 0. The molecule has 1 N–H and O–H groups in total. The number of ether oxygens (including phenoxy) is 2. The number of nitrogens with zero attached hydrogens (tertiary/aromatic N) is 1. The minimum atomic E-state index is -0.276. The molecule has 1 aliphatic rings. The highest BCUT2D eigenvalue weighted by Crippen LogP contribution is 2.23. The van der Waals surface area contributed by atoms with E-state index in [2.05, 4.69) is 13.8 Å². The molecular formula is C20H27N2O3+. The number of hydrogen-bond donors (Lipinski definition) is 1. The SMILES string of the molecule is CCOC(=O)c1c(C[NH+]2C[C@H](C)O[C@@H](C)C2)nc2ccccc2c1C. The van der Waals surface area contributed by atoms with E-state index >= 15 is 0 Å². The number of morpholine rings is 1. The fourth-order valence-corrected chi connectivity index (χ4v) is 3.81. The average molecular weight is 343 g/mol. The molecule has 0 radical (unpaired) electrons. The van der Waals surface area contributed by atoms with E-state index in [1.807, 2.05) is 38.1 Å². The number of hydrogen-bond acceptors (Lipinski definition) is 4. The van der Waals surface area contributed by atoms with Crippen molar-refractivity contribution < 1.29 is 19.2 Å². The summed E-state index contributed by atoms with van der Waals surface area (Å²) in [4.78, 5) is 18.8. The van der Waals surface area contributed by atoms with Crippen LogP contribution in [0.3, 0.4) is 0 Å². The maximum absolute atomic E-state index is 12.6. The lowest BCUT2D eigenvalue weighted by Gasteiger charge is -2.32. The quantitative estimate of drug-likeness (QED) is 0.862. The van der Waals surface area contributed by atoms with Gasteiger partial charge < -0.3 is 14.4 Å². The van der Waals surface area contributed by atoms with Crippen molar-refractivity contribution in [1.29, 1.82) is 0 Å². The molecule has 2 aromatic rings. The van der Waals surface area contributed by atoms with E-state index in [9.17, 15) is 4.79 Å². The lowest BCUT2D eigenvalue weighted by molar-refractivity contribution is -0.928. The normalized spacial score (nSPS) is 23.6. The molecule has 0 spiro atoms. The van der Waals surface area contributed by atoms with Gasteiger partial charge in [-0.25, -0.2) is 9.78 Å². The van der Waals surface area contributed by atoms with Gasteiger partial charge in [0, 0.05) is 5.39 Å². The fourth-order valence-electron chi connectivity index (χ4n) is 3.81. The zero-order valence-electron chi connectivity index (χ0n) is 15.5. The fraction of sp³-hybridized carbons (Fsp3) is 0.500. The first-order valence-electron chi connectivity index (χ1n) is 9.04. The molecule has 5 heteroatoms. The Morgan fingerprint density at radius 3 is 2.64 bits per heavy atom. The van der Waals surface area contributed by atoms with Gasteiger partial charge in [-0.3, -0.25) is 0 Å².